The van der Waals surface area contributed by atoms with Crippen LogP contribution in [0.15, 0.2) is 35.3 Å². The van der Waals surface area contributed by atoms with Crippen LogP contribution in [0.3, 0.4) is 0 Å². The third-order valence-corrected chi connectivity index (χ3v) is 4.08. The molecule has 7 heteroatoms. The molecule has 0 unspecified atom stereocenters. The van der Waals surface area contributed by atoms with Gasteiger partial charge in [-0.25, -0.2) is 4.79 Å². The number of alkyl carbamates (subject to hydrolysis) is 1. The summed E-state index contributed by atoms with van der Waals surface area (Å²) < 4.78 is 10.7. The van der Waals surface area contributed by atoms with Gasteiger partial charge >= 0.3 is 6.09 Å². The Hall–Kier alpha value is -2.28. The minimum Gasteiger partial charge on any atom is -0.497 e. The first-order valence-corrected chi connectivity index (χ1v) is 7.97. The molecule has 0 aromatic rings. The number of nitrogens with one attached hydrogen (secondary N) is 1. The van der Waals surface area contributed by atoms with E-state index in [0.717, 1.165) is 11.3 Å². The zero-order chi connectivity index (χ0) is 17.5. The Labute approximate surface area is 140 Å². The molecule has 0 aromatic heterocycles. The van der Waals surface area contributed by atoms with Crippen LogP contribution in [0.2, 0.25) is 0 Å². The lowest BCUT2D eigenvalue weighted by Gasteiger charge is -2.33. The summed E-state index contributed by atoms with van der Waals surface area (Å²) in [6.07, 6.45) is 5.25. The molecule has 2 amide bonds. The number of hydrogen-bond acceptors (Lipinski definition) is 5. The highest BCUT2D eigenvalue weighted by molar-refractivity contribution is 5.95. The standard InChI is InChI=1S/C17H22N2O5/c1-17(2,3)24-16(22)18-13-12-9-23-7-6-10-4-5-11(8-20)19(14(10)12)15(13)21/h4,6-7,11,13,20H,5,8-9H2,1-3H3,(H,18,22)/t11-,13-/m0/s1. The molecule has 0 fully saturated rings. The second kappa shape index (κ2) is 5.98. The molecular formula is C17H22N2O5. The van der Waals surface area contributed by atoms with E-state index in [0.29, 0.717) is 12.0 Å². The van der Waals surface area contributed by atoms with E-state index < -0.39 is 17.7 Å². The van der Waals surface area contributed by atoms with Crippen LogP contribution in [0.25, 0.3) is 0 Å². The lowest BCUT2D eigenvalue weighted by atomic mass is 9.99. The third kappa shape index (κ3) is 2.91. The summed E-state index contributed by atoms with van der Waals surface area (Å²) in [6, 6.07) is -1.17. The van der Waals surface area contributed by atoms with Crippen molar-refractivity contribution < 1.29 is 24.2 Å². The van der Waals surface area contributed by atoms with Gasteiger partial charge in [-0.2, -0.15) is 0 Å². The highest BCUT2D eigenvalue weighted by Crippen LogP contribution is 2.38. The SMILES string of the molecule is CC(C)(C)OC(=O)N[C@@H]1C(=O)N2C3=C1COC=CC3=CC[C@H]2CO. The lowest BCUT2D eigenvalue weighted by molar-refractivity contribution is -0.131. The zero-order valence-electron chi connectivity index (χ0n) is 14.0. The first-order valence-electron chi connectivity index (χ1n) is 7.97. The minimum absolute atomic E-state index is 0.143. The Morgan fingerprint density at radius 2 is 2.25 bits per heavy atom. The summed E-state index contributed by atoms with van der Waals surface area (Å²) in [4.78, 5) is 26.6. The van der Waals surface area contributed by atoms with Gasteiger partial charge < -0.3 is 24.8 Å². The van der Waals surface area contributed by atoms with Crippen LogP contribution >= 0.6 is 0 Å². The number of rotatable bonds is 2. The van der Waals surface area contributed by atoms with Gasteiger partial charge in [0.05, 0.1) is 24.6 Å². The Balaban J connectivity index is 1.92. The van der Waals surface area contributed by atoms with Crippen molar-refractivity contribution in [1.29, 1.82) is 0 Å². The van der Waals surface area contributed by atoms with Crippen LogP contribution < -0.4 is 5.32 Å². The molecule has 0 saturated heterocycles. The maximum Gasteiger partial charge on any atom is 0.408 e. The maximum atomic E-state index is 12.9. The van der Waals surface area contributed by atoms with Crippen LogP contribution in [0.1, 0.15) is 27.2 Å². The number of amides is 2. The van der Waals surface area contributed by atoms with Crippen LogP contribution in [-0.4, -0.2) is 52.9 Å². The number of ether oxygens (including phenoxy) is 2. The molecule has 3 aliphatic heterocycles. The molecular weight excluding hydrogens is 312 g/mol. The Morgan fingerprint density at radius 3 is 2.92 bits per heavy atom. The summed E-state index contributed by atoms with van der Waals surface area (Å²) in [5, 5.41) is 12.2. The van der Waals surface area contributed by atoms with Crippen LogP contribution in [-0.2, 0) is 14.3 Å². The van der Waals surface area contributed by atoms with Crippen molar-refractivity contribution in [3.8, 4) is 0 Å². The monoisotopic (exact) mass is 334 g/mol. The molecule has 7 nitrogen and oxygen atoms in total. The fraction of sp³-hybridized carbons (Fsp3) is 0.529. The largest absolute Gasteiger partial charge is 0.497 e. The van der Waals surface area contributed by atoms with Crippen molar-refractivity contribution in [3.05, 3.63) is 35.3 Å². The van der Waals surface area contributed by atoms with Gasteiger partial charge in [0.15, 0.2) is 0 Å². The third-order valence-electron chi connectivity index (χ3n) is 4.08. The van der Waals surface area contributed by atoms with Gasteiger partial charge in [-0.15, -0.1) is 0 Å². The number of carbonyl (C=O) groups is 2. The average Bonchev–Trinajstić information content (AvgIpc) is 2.66. The van der Waals surface area contributed by atoms with Gasteiger partial charge in [0.1, 0.15) is 18.2 Å². The maximum absolute atomic E-state index is 12.9. The molecule has 0 aliphatic carbocycles. The summed E-state index contributed by atoms with van der Waals surface area (Å²) in [5.41, 5.74) is 1.62. The van der Waals surface area contributed by atoms with Gasteiger partial charge in [0.2, 0.25) is 0 Å². The zero-order valence-corrected chi connectivity index (χ0v) is 14.0. The van der Waals surface area contributed by atoms with Crippen molar-refractivity contribution in [1.82, 2.24) is 10.2 Å². The van der Waals surface area contributed by atoms with E-state index in [-0.39, 0.29) is 25.2 Å². The van der Waals surface area contributed by atoms with E-state index in [1.807, 2.05) is 6.08 Å². The fourth-order valence-corrected chi connectivity index (χ4v) is 3.13. The highest BCUT2D eigenvalue weighted by Gasteiger charge is 2.46. The summed E-state index contributed by atoms with van der Waals surface area (Å²) in [6.45, 7) is 5.33. The molecule has 0 bridgehead atoms. The van der Waals surface area contributed by atoms with Crippen LogP contribution in [0.5, 0.6) is 0 Å². The van der Waals surface area contributed by atoms with Crippen molar-refractivity contribution >= 4 is 12.0 Å². The van der Waals surface area contributed by atoms with Crippen LogP contribution in [0, 0.1) is 0 Å². The number of allylic oxidation sites excluding steroid dienone is 1. The Morgan fingerprint density at radius 1 is 1.50 bits per heavy atom. The van der Waals surface area contributed by atoms with Gasteiger partial charge in [0.25, 0.3) is 5.91 Å². The molecule has 0 radical (unpaired) electrons. The topological polar surface area (TPSA) is 88.1 Å². The first kappa shape index (κ1) is 16.6. The van der Waals surface area contributed by atoms with Crippen molar-refractivity contribution in [3.63, 3.8) is 0 Å². The van der Waals surface area contributed by atoms with Crippen molar-refractivity contribution in [2.24, 2.45) is 0 Å². The molecule has 0 saturated carbocycles. The molecule has 0 spiro atoms. The van der Waals surface area contributed by atoms with E-state index >= 15 is 0 Å². The van der Waals surface area contributed by atoms with Crippen molar-refractivity contribution in [2.45, 2.75) is 44.9 Å². The second-order valence-electron chi connectivity index (χ2n) is 7.01. The van der Waals surface area contributed by atoms with E-state index in [9.17, 15) is 14.7 Å². The predicted molar refractivity (Wildman–Crippen MR) is 85.7 cm³/mol. The van der Waals surface area contributed by atoms with Gasteiger partial charge in [-0.05, 0) is 38.8 Å². The van der Waals surface area contributed by atoms with Gasteiger partial charge in [-0.1, -0.05) is 6.08 Å². The normalized spacial score (nSPS) is 25.8. The van der Waals surface area contributed by atoms with Gasteiger partial charge in [0, 0.05) is 5.57 Å². The fourth-order valence-electron chi connectivity index (χ4n) is 3.13. The first-order chi connectivity index (χ1) is 11.3. The van der Waals surface area contributed by atoms with Crippen LogP contribution in [0.4, 0.5) is 4.79 Å². The Bertz CT molecular complexity index is 656. The second-order valence-corrected chi connectivity index (χ2v) is 7.01. The number of hydrogen-bond donors (Lipinski definition) is 2. The minimum atomic E-state index is -0.842. The molecule has 24 heavy (non-hydrogen) atoms. The van der Waals surface area contributed by atoms with E-state index in [4.69, 9.17) is 9.47 Å². The molecule has 130 valence electrons. The quantitative estimate of drug-likeness (QED) is 0.792. The summed E-state index contributed by atoms with van der Waals surface area (Å²) in [5.74, 6) is -0.269. The number of carbonyl (C=O) groups excluding carboxylic acids is 2. The molecule has 3 heterocycles. The number of aliphatic hydroxyl groups is 1. The molecule has 2 atom stereocenters. The molecule has 2 N–H and O–H groups in total. The molecule has 3 rings (SSSR count). The predicted octanol–water partition coefficient (Wildman–Crippen LogP) is 1.21. The van der Waals surface area contributed by atoms with Crippen molar-refractivity contribution in [2.75, 3.05) is 13.2 Å². The number of aliphatic hydroxyl groups excluding tert-OH is 1. The molecule has 3 aliphatic rings. The number of nitrogens with zero attached hydrogens (tertiary/aromatic N) is 1. The van der Waals surface area contributed by atoms with Gasteiger partial charge in [-0.3, -0.25) is 4.79 Å². The molecule has 0 aromatic carbocycles. The summed E-state index contributed by atoms with van der Waals surface area (Å²) in [7, 11) is 0. The lowest BCUT2D eigenvalue weighted by Crippen LogP contribution is -2.49. The smallest absolute Gasteiger partial charge is 0.408 e. The van der Waals surface area contributed by atoms with E-state index in [1.54, 1.807) is 38.0 Å². The summed E-state index contributed by atoms with van der Waals surface area (Å²) >= 11 is 0. The Kier molecular flexibility index (Phi) is 4.13. The highest BCUT2D eigenvalue weighted by atomic mass is 16.6. The average molecular weight is 334 g/mol. The van der Waals surface area contributed by atoms with E-state index in [1.165, 1.54) is 0 Å². The van der Waals surface area contributed by atoms with E-state index in [2.05, 4.69) is 5.32 Å².